The number of ether oxygens (including phenoxy) is 2. The first kappa shape index (κ1) is 17.0. The predicted molar refractivity (Wildman–Crippen MR) is 92.2 cm³/mol. The Hall–Kier alpha value is -2.86. The maximum absolute atomic E-state index is 13.0. The third-order valence-corrected chi connectivity index (χ3v) is 4.16. The smallest absolute Gasteiger partial charge is 0.239 e. The number of alkyl halides is 1. The maximum Gasteiger partial charge on any atom is 0.239 e. The molecule has 25 heavy (non-hydrogen) atoms. The van der Waals surface area contributed by atoms with Crippen LogP contribution in [0.1, 0.15) is 31.8 Å². The molecule has 1 N–H and O–H groups in total. The maximum atomic E-state index is 13.0. The molecular weight excluding hydrogens is 346 g/mol. The van der Waals surface area contributed by atoms with E-state index in [-0.39, 0.29) is 45.4 Å². The lowest BCUT2D eigenvalue weighted by molar-refractivity contribution is -0.113. The number of amides is 1. The van der Waals surface area contributed by atoms with Crippen molar-refractivity contribution < 1.29 is 23.9 Å². The molecule has 128 valence electrons. The minimum Gasteiger partial charge on any atom is -0.496 e. The van der Waals surface area contributed by atoms with E-state index in [2.05, 4.69) is 5.32 Å². The first-order chi connectivity index (χ1) is 12.0. The van der Waals surface area contributed by atoms with E-state index in [1.165, 1.54) is 26.4 Å². The fourth-order valence-corrected chi connectivity index (χ4v) is 2.92. The minimum absolute atomic E-state index is 0.147. The number of carbonyl (C=O) groups excluding carboxylic acids is 3. The van der Waals surface area contributed by atoms with Crippen LogP contribution in [0, 0.1) is 0 Å². The standard InChI is InChI=1S/C18H14ClNO5/c1-24-12-5-3-4-10-15(12)18(23)16-11(17(10)22)6-9(7-13(16)25-2)20-14(21)8-19/h3-7H,8H2,1-2H3,(H,20,21). The molecule has 0 saturated carbocycles. The Morgan fingerprint density at radius 3 is 2.32 bits per heavy atom. The molecule has 0 atom stereocenters. The zero-order valence-corrected chi connectivity index (χ0v) is 14.3. The van der Waals surface area contributed by atoms with E-state index in [9.17, 15) is 14.4 Å². The predicted octanol–water partition coefficient (Wildman–Crippen LogP) is 2.66. The number of carbonyl (C=O) groups is 3. The van der Waals surface area contributed by atoms with Crippen LogP contribution in [0.15, 0.2) is 30.3 Å². The molecule has 0 aliphatic heterocycles. The van der Waals surface area contributed by atoms with Crippen molar-refractivity contribution in [2.75, 3.05) is 25.4 Å². The summed E-state index contributed by atoms with van der Waals surface area (Å²) in [5, 5.41) is 2.56. The molecule has 0 fully saturated rings. The van der Waals surface area contributed by atoms with Crippen molar-refractivity contribution in [3.63, 3.8) is 0 Å². The summed E-state index contributed by atoms with van der Waals surface area (Å²) in [6, 6.07) is 7.76. The zero-order chi connectivity index (χ0) is 18.1. The van der Waals surface area contributed by atoms with Crippen LogP contribution in [0.4, 0.5) is 5.69 Å². The van der Waals surface area contributed by atoms with Crippen molar-refractivity contribution in [2.24, 2.45) is 0 Å². The van der Waals surface area contributed by atoms with Crippen LogP contribution in [-0.2, 0) is 4.79 Å². The molecule has 0 aromatic heterocycles. The van der Waals surface area contributed by atoms with E-state index >= 15 is 0 Å². The Balaban J connectivity index is 2.22. The van der Waals surface area contributed by atoms with Crippen LogP contribution in [0.5, 0.6) is 11.5 Å². The van der Waals surface area contributed by atoms with Gasteiger partial charge < -0.3 is 14.8 Å². The summed E-state index contributed by atoms with van der Waals surface area (Å²) < 4.78 is 10.5. The lowest BCUT2D eigenvalue weighted by Crippen LogP contribution is -2.23. The summed E-state index contributed by atoms with van der Waals surface area (Å²) in [6.45, 7) is 0. The van der Waals surface area contributed by atoms with Crippen molar-refractivity contribution in [3.8, 4) is 11.5 Å². The zero-order valence-electron chi connectivity index (χ0n) is 13.5. The second-order valence-electron chi connectivity index (χ2n) is 5.32. The molecular formula is C18H14ClNO5. The van der Waals surface area contributed by atoms with Crippen LogP contribution in [0.25, 0.3) is 0 Å². The average Bonchev–Trinajstić information content (AvgIpc) is 2.64. The highest BCUT2D eigenvalue weighted by Gasteiger charge is 2.35. The van der Waals surface area contributed by atoms with Crippen LogP contribution in [0.3, 0.4) is 0 Å². The molecule has 0 bridgehead atoms. The van der Waals surface area contributed by atoms with E-state index in [1.54, 1.807) is 18.2 Å². The monoisotopic (exact) mass is 359 g/mol. The number of hydrogen-bond donors (Lipinski definition) is 1. The first-order valence-corrected chi connectivity index (χ1v) is 7.89. The number of nitrogens with one attached hydrogen (secondary N) is 1. The van der Waals surface area contributed by atoms with Gasteiger partial charge in [-0.3, -0.25) is 14.4 Å². The molecule has 0 unspecified atom stereocenters. The van der Waals surface area contributed by atoms with E-state index < -0.39 is 5.91 Å². The third-order valence-electron chi connectivity index (χ3n) is 3.92. The van der Waals surface area contributed by atoms with E-state index in [4.69, 9.17) is 21.1 Å². The summed E-state index contributed by atoms with van der Waals surface area (Å²) in [7, 11) is 2.82. The molecule has 2 aromatic rings. The number of ketones is 2. The van der Waals surface area contributed by atoms with Gasteiger partial charge in [0.2, 0.25) is 11.7 Å². The molecule has 1 amide bonds. The van der Waals surface area contributed by atoms with Gasteiger partial charge in [-0.25, -0.2) is 0 Å². The molecule has 1 aliphatic rings. The molecule has 3 rings (SSSR count). The topological polar surface area (TPSA) is 81.7 Å². The molecule has 0 saturated heterocycles. The van der Waals surface area contributed by atoms with Gasteiger partial charge in [0, 0.05) is 22.9 Å². The number of halogens is 1. The largest absolute Gasteiger partial charge is 0.496 e. The molecule has 1 aliphatic carbocycles. The number of methoxy groups -OCH3 is 2. The van der Waals surface area contributed by atoms with Crippen molar-refractivity contribution in [2.45, 2.75) is 0 Å². The Morgan fingerprint density at radius 1 is 1.00 bits per heavy atom. The quantitative estimate of drug-likeness (QED) is 0.724. The number of fused-ring (bicyclic) bond motifs is 2. The molecule has 2 aromatic carbocycles. The summed E-state index contributed by atoms with van der Waals surface area (Å²) in [5.74, 6) is -0.856. The number of rotatable bonds is 4. The molecule has 0 spiro atoms. The molecule has 6 nitrogen and oxygen atoms in total. The Morgan fingerprint density at radius 2 is 1.68 bits per heavy atom. The molecule has 7 heteroatoms. The summed E-state index contributed by atoms with van der Waals surface area (Å²) in [4.78, 5) is 37.4. The van der Waals surface area contributed by atoms with Crippen molar-refractivity contribution in [1.82, 2.24) is 0 Å². The van der Waals surface area contributed by atoms with Gasteiger partial charge in [0.25, 0.3) is 0 Å². The van der Waals surface area contributed by atoms with Gasteiger partial charge in [0.05, 0.1) is 25.3 Å². The lowest BCUT2D eigenvalue weighted by atomic mass is 9.82. The number of hydrogen-bond acceptors (Lipinski definition) is 5. The lowest BCUT2D eigenvalue weighted by Gasteiger charge is -2.22. The van der Waals surface area contributed by atoms with Gasteiger partial charge in [0.1, 0.15) is 17.4 Å². The summed E-state index contributed by atoms with van der Waals surface area (Å²) in [5.41, 5.74) is 1.09. The fraction of sp³-hybridized carbons (Fsp3) is 0.167. The van der Waals surface area contributed by atoms with Gasteiger partial charge in [-0.15, -0.1) is 11.6 Å². The first-order valence-electron chi connectivity index (χ1n) is 7.36. The minimum atomic E-state index is -0.430. The van der Waals surface area contributed by atoms with Gasteiger partial charge in [-0.05, 0) is 12.1 Å². The van der Waals surface area contributed by atoms with Crippen molar-refractivity contribution in [1.29, 1.82) is 0 Å². The van der Waals surface area contributed by atoms with Crippen molar-refractivity contribution >= 4 is 34.8 Å². The molecule has 0 radical (unpaired) electrons. The summed E-state index contributed by atoms with van der Waals surface area (Å²) >= 11 is 5.49. The normalized spacial score (nSPS) is 12.3. The Labute approximate surface area is 148 Å². The molecule has 0 heterocycles. The highest BCUT2D eigenvalue weighted by molar-refractivity contribution is 6.31. The van der Waals surface area contributed by atoms with Crippen LogP contribution in [-0.4, -0.2) is 37.6 Å². The van der Waals surface area contributed by atoms with E-state index in [0.717, 1.165) is 0 Å². The third kappa shape index (κ3) is 2.74. The number of anilines is 1. The van der Waals surface area contributed by atoms with Crippen LogP contribution < -0.4 is 14.8 Å². The summed E-state index contributed by atoms with van der Waals surface area (Å²) in [6.07, 6.45) is 0. The number of benzene rings is 2. The van der Waals surface area contributed by atoms with Gasteiger partial charge in [0.15, 0.2) is 5.78 Å². The van der Waals surface area contributed by atoms with Gasteiger partial charge in [-0.2, -0.15) is 0 Å². The van der Waals surface area contributed by atoms with Gasteiger partial charge in [-0.1, -0.05) is 12.1 Å². The average molecular weight is 360 g/mol. The fourth-order valence-electron chi connectivity index (χ4n) is 2.85. The van der Waals surface area contributed by atoms with Crippen LogP contribution in [0.2, 0.25) is 0 Å². The SMILES string of the molecule is COc1cccc2c1C(=O)c1c(OC)cc(NC(=O)CCl)cc1C2=O. The van der Waals surface area contributed by atoms with Crippen molar-refractivity contribution in [3.05, 3.63) is 52.6 Å². The second kappa shape index (κ2) is 6.57. The Kier molecular flexibility index (Phi) is 4.46. The van der Waals surface area contributed by atoms with Gasteiger partial charge >= 0.3 is 0 Å². The van der Waals surface area contributed by atoms with E-state index in [1.807, 2.05) is 0 Å². The highest BCUT2D eigenvalue weighted by atomic mass is 35.5. The second-order valence-corrected chi connectivity index (χ2v) is 5.59. The highest BCUT2D eigenvalue weighted by Crippen LogP contribution is 2.38. The Bertz CT molecular complexity index is 907. The van der Waals surface area contributed by atoms with E-state index in [0.29, 0.717) is 11.4 Å². The van der Waals surface area contributed by atoms with Crippen LogP contribution >= 0.6 is 11.6 Å².